The highest BCUT2D eigenvalue weighted by molar-refractivity contribution is 8.07. The molecule has 1 amide bonds. The molecule has 3 heterocycles. The number of pyridine rings is 1. The summed E-state index contributed by atoms with van der Waals surface area (Å²) in [6.45, 7) is 2.36. The molecule has 5 N–H and O–H groups in total. The van der Waals surface area contributed by atoms with E-state index in [-0.39, 0.29) is 0 Å². The molecule has 2 aliphatic heterocycles. The molecular formula is C21H28FN5O2S. The van der Waals surface area contributed by atoms with Gasteiger partial charge in [-0.1, -0.05) is 29.7 Å². The molecule has 162 valence electrons. The first-order chi connectivity index (χ1) is 14.7. The molecule has 1 atom stereocenters. The number of hydrogen-bond donors (Lipinski definition) is 4. The third-order valence-electron chi connectivity index (χ3n) is 4.11. The van der Waals surface area contributed by atoms with Gasteiger partial charge in [-0.3, -0.25) is 9.59 Å². The molecule has 0 radical (unpaired) electrons. The largest absolute Gasteiger partial charge is 0.333 e. The lowest BCUT2D eigenvalue weighted by Crippen LogP contribution is -2.41. The van der Waals surface area contributed by atoms with Crippen LogP contribution in [0.3, 0.4) is 0 Å². The van der Waals surface area contributed by atoms with E-state index in [1.807, 2.05) is 13.1 Å². The van der Waals surface area contributed by atoms with Gasteiger partial charge in [-0.25, -0.2) is 4.98 Å². The molecule has 0 spiro atoms. The molecule has 1 aromatic heterocycles. The van der Waals surface area contributed by atoms with E-state index in [4.69, 9.17) is 0 Å². The van der Waals surface area contributed by atoms with Crippen molar-refractivity contribution in [1.82, 2.24) is 20.9 Å². The lowest BCUT2D eigenvalue weighted by molar-refractivity contribution is -0.108. The Morgan fingerprint density at radius 2 is 2.13 bits per heavy atom. The van der Waals surface area contributed by atoms with Crippen LogP contribution in [0.1, 0.15) is 24.8 Å². The average molecular weight is 434 g/mol. The number of thioether (sulfide) groups is 1. The Balaban J connectivity index is 0.000000375. The minimum Gasteiger partial charge on any atom is -0.333 e. The second-order valence-corrected chi connectivity index (χ2v) is 7.13. The zero-order valence-corrected chi connectivity index (χ0v) is 18.0. The summed E-state index contributed by atoms with van der Waals surface area (Å²) >= 11 is 1.19. The van der Waals surface area contributed by atoms with E-state index in [1.165, 1.54) is 56.5 Å². The fourth-order valence-corrected chi connectivity index (χ4v) is 3.39. The van der Waals surface area contributed by atoms with Gasteiger partial charge in [0, 0.05) is 36.5 Å². The number of aldehydes is 1. The zero-order chi connectivity index (χ0) is 22.2. The fraction of sp³-hybridized carbons (Fsp3) is 0.381. The summed E-state index contributed by atoms with van der Waals surface area (Å²) in [6.07, 6.45) is 7.47. The van der Waals surface area contributed by atoms with Gasteiger partial charge in [0.25, 0.3) is 0 Å². The Morgan fingerprint density at radius 1 is 1.33 bits per heavy atom. The van der Waals surface area contributed by atoms with Crippen LogP contribution in [0.15, 0.2) is 39.9 Å². The van der Waals surface area contributed by atoms with Gasteiger partial charge in [-0.05, 0) is 45.6 Å². The summed E-state index contributed by atoms with van der Waals surface area (Å²) in [4.78, 5) is 26.0. The molecule has 0 aromatic carbocycles. The molecule has 3 rings (SSSR count). The van der Waals surface area contributed by atoms with Crippen LogP contribution in [0.5, 0.6) is 0 Å². The first-order valence-electron chi connectivity index (χ1n) is 9.52. The third-order valence-corrected chi connectivity index (χ3v) is 5.16. The van der Waals surface area contributed by atoms with Crippen LogP contribution in [0.4, 0.5) is 4.39 Å². The van der Waals surface area contributed by atoms with Gasteiger partial charge >= 0.3 is 0 Å². The van der Waals surface area contributed by atoms with Crippen LogP contribution in [-0.2, 0) is 9.59 Å². The van der Waals surface area contributed by atoms with Crippen molar-refractivity contribution in [2.75, 3.05) is 27.2 Å². The van der Waals surface area contributed by atoms with E-state index in [1.54, 1.807) is 0 Å². The van der Waals surface area contributed by atoms with Gasteiger partial charge in [-0.15, -0.1) is 0 Å². The topological polar surface area (TPSA) is 109 Å². The van der Waals surface area contributed by atoms with E-state index in [9.17, 15) is 14.0 Å². The highest BCUT2D eigenvalue weighted by Gasteiger charge is 2.13. The molecule has 1 unspecified atom stereocenters. The Bertz CT molecular complexity index is 794. The second-order valence-electron chi connectivity index (χ2n) is 6.05. The van der Waals surface area contributed by atoms with Crippen molar-refractivity contribution in [1.29, 1.82) is 0 Å². The van der Waals surface area contributed by atoms with Crippen LogP contribution in [0.2, 0.25) is 0 Å². The van der Waals surface area contributed by atoms with Gasteiger partial charge in [0.15, 0.2) is 6.29 Å². The number of carbonyl (C=O) groups excluding carboxylic acids is 2. The Labute approximate surface area is 181 Å². The number of likely N-dealkylation sites (N-methyl/N-ethyl adjacent to an activating group) is 1. The summed E-state index contributed by atoms with van der Waals surface area (Å²) < 4.78 is 12.6. The highest BCUT2D eigenvalue weighted by Crippen LogP contribution is 2.31. The van der Waals surface area contributed by atoms with Crippen molar-refractivity contribution >= 4 is 24.5 Å². The molecule has 30 heavy (non-hydrogen) atoms. The normalized spacial score (nSPS) is 17.6. The van der Waals surface area contributed by atoms with Gasteiger partial charge in [0.05, 0.1) is 9.81 Å². The minimum atomic E-state index is -0.558. The first-order valence-corrected chi connectivity index (χ1v) is 10.3. The van der Waals surface area contributed by atoms with Gasteiger partial charge in [-0.2, -0.15) is 4.39 Å². The number of carbonyl (C=O) groups is 2. The standard InChI is InChI=1S/C14H9FN2O2S.C6H14N2.CH5N/c15-14-6-2-10(7-16-14)1-3-11-4-5-12(17-9-19)13(8-18)20-11;1-7-6-3-2-4-8-5-6;1-2/h2,4,6-9H,5H2,(H,17,19);6-8H,2-5H2,1H3;2H2,1H3. The molecule has 2 aliphatic rings. The van der Waals surface area contributed by atoms with Crippen molar-refractivity contribution in [2.24, 2.45) is 5.73 Å². The number of piperidine rings is 1. The number of halogens is 1. The van der Waals surface area contributed by atoms with Gasteiger partial charge in [0.1, 0.15) is 0 Å². The number of nitrogens with zero attached hydrogens (tertiary/aromatic N) is 1. The number of amides is 1. The fourth-order valence-electron chi connectivity index (χ4n) is 2.57. The first kappa shape index (κ1) is 25.5. The quantitative estimate of drug-likeness (QED) is 0.322. The maximum absolute atomic E-state index is 12.6. The second kappa shape index (κ2) is 15.3. The number of hydrogen-bond acceptors (Lipinski definition) is 7. The number of rotatable bonds is 4. The lowest BCUT2D eigenvalue weighted by atomic mass is 10.1. The monoisotopic (exact) mass is 433 g/mol. The molecule has 0 bridgehead atoms. The predicted molar refractivity (Wildman–Crippen MR) is 119 cm³/mol. The Kier molecular flexibility index (Phi) is 13.1. The van der Waals surface area contributed by atoms with E-state index in [0.717, 1.165) is 12.6 Å². The molecule has 1 aromatic rings. The summed E-state index contributed by atoms with van der Waals surface area (Å²) in [5, 5.41) is 9.05. The Hall–Kier alpha value is -2.51. The summed E-state index contributed by atoms with van der Waals surface area (Å²) in [5.74, 6) is 5.17. The maximum Gasteiger partial charge on any atom is 0.212 e. The molecule has 1 fully saturated rings. The average Bonchev–Trinajstić information content (AvgIpc) is 2.82. The SMILES string of the molecule is CN.CNC1CCCNC1.O=CNC1=C(C=O)SC(C#Cc2ccc(F)nc2)=CC1. The molecule has 9 heteroatoms. The highest BCUT2D eigenvalue weighted by atomic mass is 32.2. The summed E-state index contributed by atoms with van der Waals surface area (Å²) in [6, 6.07) is 3.48. The van der Waals surface area contributed by atoms with Crippen LogP contribution in [-0.4, -0.2) is 50.9 Å². The number of aromatic nitrogens is 1. The number of allylic oxidation sites excluding steroid dienone is 3. The molecule has 1 saturated heterocycles. The van der Waals surface area contributed by atoms with Crippen LogP contribution in [0.25, 0.3) is 0 Å². The van der Waals surface area contributed by atoms with Gasteiger partial charge < -0.3 is 21.7 Å². The van der Waals surface area contributed by atoms with Crippen LogP contribution < -0.4 is 21.7 Å². The third kappa shape index (κ3) is 9.33. The number of nitrogens with one attached hydrogen (secondary N) is 3. The lowest BCUT2D eigenvalue weighted by Gasteiger charge is -2.21. The smallest absolute Gasteiger partial charge is 0.212 e. The van der Waals surface area contributed by atoms with E-state index >= 15 is 0 Å². The van der Waals surface area contributed by atoms with Crippen molar-refractivity contribution in [2.45, 2.75) is 25.3 Å². The zero-order valence-electron chi connectivity index (χ0n) is 17.2. The molecule has 7 nitrogen and oxygen atoms in total. The van der Waals surface area contributed by atoms with E-state index in [2.05, 4.69) is 38.5 Å². The molecular weight excluding hydrogens is 405 g/mol. The van der Waals surface area contributed by atoms with Crippen molar-refractivity contribution in [3.8, 4) is 11.8 Å². The van der Waals surface area contributed by atoms with Crippen molar-refractivity contribution in [3.05, 3.63) is 51.4 Å². The number of nitrogens with two attached hydrogens (primary N) is 1. The Morgan fingerprint density at radius 3 is 2.67 bits per heavy atom. The van der Waals surface area contributed by atoms with Crippen LogP contribution in [0, 0.1) is 17.8 Å². The van der Waals surface area contributed by atoms with Crippen molar-refractivity contribution in [3.63, 3.8) is 0 Å². The summed E-state index contributed by atoms with van der Waals surface area (Å²) in [7, 11) is 3.53. The maximum atomic E-state index is 12.6. The van der Waals surface area contributed by atoms with E-state index < -0.39 is 5.95 Å². The van der Waals surface area contributed by atoms with Gasteiger partial charge in [0.2, 0.25) is 12.4 Å². The van der Waals surface area contributed by atoms with E-state index in [0.29, 0.717) is 40.2 Å². The minimum absolute atomic E-state index is 0.432. The molecule has 0 aliphatic carbocycles. The summed E-state index contributed by atoms with van der Waals surface area (Å²) in [5.41, 5.74) is 5.65. The van der Waals surface area contributed by atoms with Crippen LogP contribution >= 0.6 is 11.8 Å². The van der Waals surface area contributed by atoms with Crippen molar-refractivity contribution < 1.29 is 14.0 Å². The molecule has 0 saturated carbocycles. The predicted octanol–water partition coefficient (Wildman–Crippen LogP) is 1.28.